The molecule has 2 fully saturated rings. The highest BCUT2D eigenvalue weighted by atomic mass is 32.2. The molecular weight excluding hydrogens is 294 g/mol. The lowest BCUT2D eigenvalue weighted by Gasteiger charge is -2.37. The Morgan fingerprint density at radius 1 is 1.48 bits per heavy atom. The van der Waals surface area contributed by atoms with Crippen LogP contribution >= 0.6 is 0 Å². The topological polar surface area (TPSA) is 73.7 Å². The van der Waals surface area contributed by atoms with Crippen LogP contribution in [0.3, 0.4) is 0 Å². The van der Waals surface area contributed by atoms with Gasteiger partial charge in [-0.25, -0.2) is 13.4 Å². The molecular formula is C13H21N3O4S. The van der Waals surface area contributed by atoms with Crippen LogP contribution in [-0.2, 0) is 26.5 Å². The first-order chi connectivity index (χ1) is 10.0. The number of imidazole rings is 1. The summed E-state index contributed by atoms with van der Waals surface area (Å²) in [6.45, 7) is 3.33. The van der Waals surface area contributed by atoms with E-state index in [4.69, 9.17) is 9.47 Å². The zero-order chi connectivity index (χ0) is 15.0. The summed E-state index contributed by atoms with van der Waals surface area (Å²) in [7, 11) is -1.81. The summed E-state index contributed by atoms with van der Waals surface area (Å²) < 4.78 is 40.2. The van der Waals surface area contributed by atoms with Crippen molar-refractivity contribution in [3.8, 4) is 0 Å². The second kappa shape index (κ2) is 5.68. The molecule has 1 aromatic rings. The molecule has 2 heterocycles. The van der Waals surface area contributed by atoms with E-state index in [-0.39, 0.29) is 23.3 Å². The molecule has 1 aromatic heterocycles. The lowest BCUT2D eigenvalue weighted by molar-refractivity contribution is -0.0938. The number of fused-ring (bicyclic) bond motifs is 1. The zero-order valence-electron chi connectivity index (χ0n) is 12.3. The third-order valence-electron chi connectivity index (χ3n) is 4.12. The van der Waals surface area contributed by atoms with E-state index >= 15 is 0 Å². The van der Waals surface area contributed by atoms with E-state index in [0.29, 0.717) is 19.8 Å². The van der Waals surface area contributed by atoms with Crippen molar-refractivity contribution < 1.29 is 17.9 Å². The molecule has 0 N–H and O–H groups in total. The maximum atomic E-state index is 12.8. The quantitative estimate of drug-likeness (QED) is 0.803. The van der Waals surface area contributed by atoms with E-state index in [0.717, 1.165) is 12.8 Å². The van der Waals surface area contributed by atoms with Gasteiger partial charge in [-0.15, -0.1) is 0 Å². The predicted molar refractivity (Wildman–Crippen MR) is 75.3 cm³/mol. The number of hydrogen-bond acceptors (Lipinski definition) is 5. The van der Waals surface area contributed by atoms with Gasteiger partial charge in [-0.2, -0.15) is 4.31 Å². The van der Waals surface area contributed by atoms with Crippen molar-refractivity contribution in [3.63, 3.8) is 0 Å². The fourth-order valence-electron chi connectivity index (χ4n) is 3.22. The van der Waals surface area contributed by atoms with Gasteiger partial charge >= 0.3 is 0 Å². The molecule has 0 bridgehead atoms. The van der Waals surface area contributed by atoms with Gasteiger partial charge in [0.15, 0.2) is 5.03 Å². The van der Waals surface area contributed by atoms with Crippen molar-refractivity contribution >= 4 is 10.0 Å². The fourth-order valence-corrected chi connectivity index (χ4v) is 4.83. The van der Waals surface area contributed by atoms with Crippen molar-refractivity contribution in [2.45, 2.75) is 43.0 Å². The molecule has 0 unspecified atom stereocenters. The van der Waals surface area contributed by atoms with Crippen LogP contribution in [0.15, 0.2) is 17.6 Å². The summed E-state index contributed by atoms with van der Waals surface area (Å²) in [5.74, 6) is 0. The van der Waals surface area contributed by atoms with Crippen LogP contribution in [-0.4, -0.2) is 60.3 Å². The maximum Gasteiger partial charge on any atom is 0.262 e. The number of sulfonamides is 1. The third kappa shape index (κ3) is 2.61. The Labute approximate surface area is 124 Å². The Morgan fingerprint density at radius 2 is 2.29 bits per heavy atom. The normalized spacial score (nSPS) is 30.5. The fraction of sp³-hybridized carbons (Fsp3) is 0.769. The molecule has 2 aliphatic rings. The molecule has 118 valence electrons. The number of nitrogens with zero attached hydrogens (tertiary/aromatic N) is 3. The number of hydrogen-bond donors (Lipinski definition) is 0. The maximum absolute atomic E-state index is 12.8. The summed E-state index contributed by atoms with van der Waals surface area (Å²) in [6.07, 6.45) is 4.45. The lowest BCUT2D eigenvalue weighted by atomic mass is 10.1. The van der Waals surface area contributed by atoms with Crippen molar-refractivity contribution in [1.29, 1.82) is 0 Å². The molecule has 21 heavy (non-hydrogen) atoms. The highest BCUT2D eigenvalue weighted by Gasteiger charge is 2.47. The van der Waals surface area contributed by atoms with Crippen LogP contribution < -0.4 is 0 Å². The predicted octanol–water partition coefficient (Wildman–Crippen LogP) is 0.377. The average Bonchev–Trinajstić information content (AvgIpc) is 3.06. The first kappa shape index (κ1) is 15.0. The standard InChI is InChI=1S/C13H21N3O4S/c1-3-19-11-5-4-10-13(11)20-7-6-16(10)21(17,18)12-8-15(2)9-14-12/h8-11,13H,3-7H2,1-2H3/t10-,11-,13+/m1/s1. The summed E-state index contributed by atoms with van der Waals surface area (Å²) in [6, 6.07) is -0.151. The van der Waals surface area contributed by atoms with Gasteiger partial charge in [-0.3, -0.25) is 0 Å². The van der Waals surface area contributed by atoms with Gasteiger partial charge in [-0.1, -0.05) is 0 Å². The van der Waals surface area contributed by atoms with Crippen LogP contribution in [0.2, 0.25) is 0 Å². The first-order valence-electron chi connectivity index (χ1n) is 7.27. The molecule has 3 atom stereocenters. The van der Waals surface area contributed by atoms with Gasteiger partial charge in [0.2, 0.25) is 0 Å². The van der Waals surface area contributed by atoms with Crippen molar-refractivity contribution in [2.75, 3.05) is 19.8 Å². The molecule has 1 saturated carbocycles. The minimum absolute atomic E-state index is 0.0123. The average molecular weight is 315 g/mol. The van der Waals surface area contributed by atoms with E-state index in [1.807, 2.05) is 6.92 Å². The first-order valence-corrected chi connectivity index (χ1v) is 8.71. The second-order valence-corrected chi connectivity index (χ2v) is 7.30. The Morgan fingerprint density at radius 3 is 2.95 bits per heavy atom. The van der Waals surface area contributed by atoms with Crippen LogP contribution in [0.4, 0.5) is 0 Å². The van der Waals surface area contributed by atoms with Crippen LogP contribution in [0, 0.1) is 0 Å². The number of ether oxygens (including phenoxy) is 2. The summed E-state index contributed by atoms with van der Waals surface area (Å²) in [4.78, 5) is 3.99. The highest BCUT2D eigenvalue weighted by Crippen LogP contribution is 2.34. The number of morpholine rings is 1. The molecule has 1 saturated heterocycles. The number of aromatic nitrogens is 2. The van der Waals surface area contributed by atoms with E-state index in [1.54, 1.807) is 15.9 Å². The van der Waals surface area contributed by atoms with E-state index in [9.17, 15) is 8.42 Å². The van der Waals surface area contributed by atoms with Gasteiger partial charge < -0.3 is 14.0 Å². The minimum atomic E-state index is -3.57. The molecule has 0 radical (unpaired) electrons. The molecule has 7 nitrogen and oxygen atoms in total. The molecule has 0 amide bonds. The highest BCUT2D eigenvalue weighted by molar-refractivity contribution is 7.89. The monoisotopic (exact) mass is 315 g/mol. The van der Waals surface area contributed by atoms with Crippen molar-refractivity contribution in [2.24, 2.45) is 7.05 Å². The minimum Gasteiger partial charge on any atom is -0.376 e. The smallest absolute Gasteiger partial charge is 0.262 e. The Balaban J connectivity index is 1.85. The SMILES string of the molecule is CCO[C@@H]1CC[C@@H]2[C@@H]1OCCN2S(=O)(=O)c1cn(C)cn1. The van der Waals surface area contributed by atoms with E-state index in [2.05, 4.69) is 4.98 Å². The van der Waals surface area contributed by atoms with E-state index in [1.165, 1.54) is 12.5 Å². The summed E-state index contributed by atoms with van der Waals surface area (Å²) in [5, 5.41) is 0.102. The van der Waals surface area contributed by atoms with Crippen LogP contribution in [0.25, 0.3) is 0 Å². The molecule has 0 spiro atoms. The van der Waals surface area contributed by atoms with Gasteiger partial charge in [0.05, 0.1) is 25.1 Å². The molecule has 1 aliphatic heterocycles. The molecule has 1 aliphatic carbocycles. The summed E-state index contributed by atoms with van der Waals surface area (Å²) in [5.41, 5.74) is 0. The zero-order valence-corrected chi connectivity index (χ0v) is 13.1. The van der Waals surface area contributed by atoms with E-state index < -0.39 is 10.0 Å². The van der Waals surface area contributed by atoms with Gasteiger partial charge in [-0.05, 0) is 19.8 Å². The Hall–Kier alpha value is -0.960. The molecule has 0 aromatic carbocycles. The Bertz CT molecular complexity index is 600. The number of rotatable bonds is 4. The van der Waals surface area contributed by atoms with Crippen LogP contribution in [0.5, 0.6) is 0 Å². The second-order valence-electron chi connectivity index (χ2n) is 5.47. The number of aryl methyl sites for hydroxylation is 1. The van der Waals surface area contributed by atoms with Crippen molar-refractivity contribution in [1.82, 2.24) is 13.9 Å². The van der Waals surface area contributed by atoms with Gasteiger partial charge in [0, 0.05) is 26.4 Å². The molecule has 3 rings (SSSR count). The summed E-state index contributed by atoms with van der Waals surface area (Å²) >= 11 is 0. The Kier molecular flexibility index (Phi) is 4.04. The van der Waals surface area contributed by atoms with Gasteiger partial charge in [0.1, 0.15) is 6.10 Å². The lowest BCUT2D eigenvalue weighted by Crippen LogP contribution is -2.53. The molecule has 8 heteroatoms. The van der Waals surface area contributed by atoms with Gasteiger partial charge in [0.25, 0.3) is 10.0 Å². The van der Waals surface area contributed by atoms with Crippen molar-refractivity contribution in [3.05, 3.63) is 12.5 Å². The largest absolute Gasteiger partial charge is 0.376 e. The third-order valence-corrected chi connectivity index (χ3v) is 5.93. The van der Waals surface area contributed by atoms with Crippen LogP contribution in [0.1, 0.15) is 19.8 Å².